The summed E-state index contributed by atoms with van der Waals surface area (Å²) in [5.74, 6) is 4.06. The maximum Gasteiger partial charge on any atom is 0.270 e. The molecule has 0 aliphatic heterocycles. The molecular weight excluding hydrogens is 198 g/mol. The minimum absolute atomic E-state index is 0.159. The zero-order valence-corrected chi connectivity index (χ0v) is 7.86. The van der Waals surface area contributed by atoms with Crippen molar-refractivity contribution in [2.75, 3.05) is 12.0 Å². The Morgan fingerprint density at radius 2 is 2.20 bits per heavy atom. The van der Waals surface area contributed by atoms with E-state index in [1.54, 1.807) is 6.07 Å². The Kier molecular flexibility index (Phi) is 3.58. The lowest BCUT2D eigenvalue weighted by Crippen LogP contribution is -2.33. The van der Waals surface area contributed by atoms with E-state index < -0.39 is 11.8 Å². The first-order valence-corrected chi connectivity index (χ1v) is 4.12. The minimum atomic E-state index is -0.614. The highest BCUT2D eigenvalue weighted by atomic mass is 16.2. The van der Waals surface area contributed by atoms with Gasteiger partial charge in [-0.3, -0.25) is 20.4 Å². The Morgan fingerprint density at radius 3 is 2.80 bits per heavy atom. The Hall–Kier alpha value is -2.15. The molecular formula is C8H11N5O2. The molecule has 6 N–H and O–H groups in total. The number of hydrazine groups is 1. The average molecular weight is 209 g/mol. The number of hydrogen-bond acceptors (Lipinski definition) is 5. The van der Waals surface area contributed by atoms with E-state index in [1.807, 2.05) is 0 Å². The second kappa shape index (κ2) is 4.91. The van der Waals surface area contributed by atoms with Crippen LogP contribution in [0.2, 0.25) is 0 Å². The number of amides is 2. The van der Waals surface area contributed by atoms with Crippen molar-refractivity contribution in [1.82, 2.24) is 10.3 Å². The van der Waals surface area contributed by atoms with E-state index >= 15 is 0 Å². The van der Waals surface area contributed by atoms with Crippen molar-refractivity contribution in [2.45, 2.75) is 0 Å². The van der Waals surface area contributed by atoms with Crippen LogP contribution in [0, 0.1) is 0 Å². The summed E-state index contributed by atoms with van der Waals surface area (Å²) < 4.78 is 0. The van der Waals surface area contributed by atoms with Crippen molar-refractivity contribution in [2.24, 2.45) is 11.6 Å². The first-order chi connectivity index (χ1) is 7.13. The van der Waals surface area contributed by atoms with Gasteiger partial charge in [0.2, 0.25) is 5.91 Å². The predicted molar refractivity (Wildman–Crippen MR) is 53.6 cm³/mol. The van der Waals surface area contributed by atoms with Gasteiger partial charge in [-0.1, -0.05) is 0 Å². The molecule has 2 amide bonds. The van der Waals surface area contributed by atoms with Gasteiger partial charge in [-0.2, -0.15) is 0 Å². The van der Waals surface area contributed by atoms with Crippen LogP contribution in [0.5, 0.6) is 0 Å². The van der Waals surface area contributed by atoms with Crippen molar-refractivity contribution >= 4 is 17.5 Å². The molecule has 0 radical (unpaired) electrons. The molecule has 0 saturated heterocycles. The Balaban J connectivity index is 2.69. The smallest absolute Gasteiger partial charge is 0.270 e. The van der Waals surface area contributed by atoms with Gasteiger partial charge in [0, 0.05) is 6.20 Å². The van der Waals surface area contributed by atoms with Gasteiger partial charge in [0.05, 0.1) is 12.2 Å². The normalized spacial score (nSPS) is 9.40. The molecule has 15 heavy (non-hydrogen) atoms. The van der Waals surface area contributed by atoms with Gasteiger partial charge in [-0.05, 0) is 12.1 Å². The number of carbonyl (C=O) groups excluding carboxylic acids is 2. The molecule has 0 aliphatic carbocycles. The standard InChI is InChI=1S/C8H11N5O2/c9-7(14)4-12-8(15)6-3-5(13-10)1-2-11-6/h1-3H,4,10H2,(H2,9,14)(H,11,13)(H,12,15). The van der Waals surface area contributed by atoms with Gasteiger partial charge in [0.15, 0.2) is 0 Å². The van der Waals surface area contributed by atoms with Gasteiger partial charge in [0.1, 0.15) is 5.69 Å². The molecule has 0 bridgehead atoms. The molecule has 7 nitrogen and oxygen atoms in total. The van der Waals surface area contributed by atoms with Gasteiger partial charge >= 0.3 is 0 Å². The van der Waals surface area contributed by atoms with Gasteiger partial charge in [0.25, 0.3) is 5.91 Å². The number of carbonyl (C=O) groups is 2. The fourth-order valence-electron chi connectivity index (χ4n) is 0.902. The molecule has 1 aromatic heterocycles. The molecule has 7 heteroatoms. The molecule has 0 atom stereocenters. The number of nitrogen functional groups attached to an aromatic ring is 1. The summed E-state index contributed by atoms with van der Waals surface area (Å²) in [6.07, 6.45) is 1.42. The number of primary amides is 1. The quantitative estimate of drug-likeness (QED) is 0.358. The number of rotatable bonds is 4. The fraction of sp³-hybridized carbons (Fsp3) is 0.125. The monoisotopic (exact) mass is 209 g/mol. The maximum absolute atomic E-state index is 11.4. The molecule has 0 saturated carbocycles. The Bertz CT molecular complexity index is 379. The lowest BCUT2D eigenvalue weighted by Gasteiger charge is -2.03. The van der Waals surface area contributed by atoms with Gasteiger partial charge in [-0.25, -0.2) is 0 Å². The third-order valence-electron chi connectivity index (χ3n) is 1.58. The highest BCUT2D eigenvalue weighted by Gasteiger charge is 2.07. The molecule has 1 aromatic rings. The summed E-state index contributed by atoms with van der Waals surface area (Å²) in [5, 5.41) is 2.31. The van der Waals surface area contributed by atoms with Crippen LogP contribution in [-0.4, -0.2) is 23.3 Å². The summed E-state index contributed by atoms with van der Waals surface area (Å²) >= 11 is 0. The van der Waals surface area contributed by atoms with E-state index in [2.05, 4.69) is 15.7 Å². The van der Waals surface area contributed by atoms with Crippen LogP contribution in [0.1, 0.15) is 10.5 Å². The van der Waals surface area contributed by atoms with Crippen molar-refractivity contribution < 1.29 is 9.59 Å². The maximum atomic E-state index is 11.4. The van der Waals surface area contributed by atoms with Crippen LogP contribution < -0.4 is 22.3 Å². The van der Waals surface area contributed by atoms with Gasteiger partial charge < -0.3 is 16.5 Å². The first kappa shape index (κ1) is 10.9. The number of nitrogens with two attached hydrogens (primary N) is 2. The molecule has 0 spiro atoms. The topological polar surface area (TPSA) is 123 Å². The van der Waals surface area contributed by atoms with E-state index in [9.17, 15) is 9.59 Å². The molecule has 80 valence electrons. The second-order valence-electron chi connectivity index (χ2n) is 2.72. The summed E-state index contributed by atoms with van der Waals surface area (Å²) in [6, 6.07) is 3.06. The van der Waals surface area contributed by atoms with Crippen molar-refractivity contribution in [3.05, 3.63) is 24.0 Å². The zero-order chi connectivity index (χ0) is 11.3. The van der Waals surface area contributed by atoms with Crippen LogP contribution in [0.3, 0.4) is 0 Å². The first-order valence-electron chi connectivity index (χ1n) is 4.12. The minimum Gasteiger partial charge on any atom is -0.368 e. The number of aromatic nitrogens is 1. The van der Waals surface area contributed by atoms with E-state index in [0.29, 0.717) is 5.69 Å². The largest absolute Gasteiger partial charge is 0.368 e. The van der Waals surface area contributed by atoms with Crippen molar-refractivity contribution in [3.63, 3.8) is 0 Å². The zero-order valence-electron chi connectivity index (χ0n) is 7.86. The number of pyridine rings is 1. The van der Waals surface area contributed by atoms with Gasteiger partial charge in [-0.15, -0.1) is 0 Å². The molecule has 0 fully saturated rings. The molecule has 1 rings (SSSR count). The van der Waals surface area contributed by atoms with Crippen LogP contribution in [0.15, 0.2) is 18.3 Å². The molecule has 0 unspecified atom stereocenters. The summed E-state index contributed by atoms with van der Waals surface area (Å²) in [6.45, 7) is -0.221. The van der Waals surface area contributed by atoms with E-state index in [4.69, 9.17) is 11.6 Å². The van der Waals surface area contributed by atoms with Crippen LogP contribution in [0.25, 0.3) is 0 Å². The summed E-state index contributed by atoms with van der Waals surface area (Å²) in [5.41, 5.74) is 7.95. The Labute approximate surface area is 85.8 Å². The van der Waals surface area contributed by atoms with Crippen molar-refractivity contribution in [1.29, 1.82) is 0 Å². The molecule has 0 aliphatic rings. The average Bonchev–Trinajstić information content (AvgIpc) is 2.26. The predicted octanol–water partition coefficient (Wildman–Crippen LogP) is -1.42. The number of anilines is 1. The Morgan fingerprint density at radius 1 is 1.47 bits per heavy atom. The second-order valence-corrected chi connectivity index (χ2v) is 2.72. The highest BCUT2D eigenvalue weighted by Crippen LogP contribution is 2.05. The van der Waals surface area contributed by atoms with E-state index in [-0.39, 0.29) is 12.2 Å². The SMILES string of the molecule is NNc1ccnc(C(=O)NCC(N)=O)c1. The highest BCUT2D eigenvalue weighted by molar-refractivity contribution is 5.95. The third-order valence-corrected chi connectivity index (χ3v) is 1.58. The van der Waals surface area contributed by atoms with E-state index in [0.717, 1.165) is 0 Å². The van der Waals surface area contributed by atoms with Crippen molar-refractivity contribution in [3.8, 4) is 0 Å². The molecule has 0 aromatic carbocycles. The van der Waals surface area contributed by atoms with Crippen LogP contribution >= 0.6 is 0 Å². The number of nitrogens with zero attached hydrogens (tertiary/aromatic N) is 1. The lowest BCUT2D eigenvalue weighted by atomic mass is 10.3. The summed E-state index contributed by atoms with van der Waals surface area (Å²) in [4.78, 5) is 25.6. The lowest BCUT2D eigenvalue weighted by molar-refractivity contribution is -0.117. The number of hydrogen-bond donors (Lipinski definition) is 4. The fourth-order valence-corrected chi connectivity index (χ4v) is 0.902. The summed E-state index contributed by atoms with van der Waals surface area (Å²) in [7, 11) is 0. The van der Waals surface area contributed by atoms with E-state index in [1.165, 1.54) is 12.3 Å². The number of nitrogens with one attached hydrogen (secondary N) is 2. The van der Waals surface area contributed by atoms with Crippen LogP contribution in [-0.2, 0) is 4.79 Å². The molecule has 1 heterocycles. The van der Waals surface area contributed by atoms with Crippen LogP contribution in [0.4, 0.5) is 5.69 Å². The third kappa shape index (κ3) is 3.24.